The van der Waals surface area contributed by atoms with Gasteiger partial charge in [-0.1, -0.05) is 27.5 Å². The first kappa shape index (κ1) is 13.8. The second kappa shape index (κ2) is 5.59. The van der Waals surface area contributed by atoms with Gasteiger partial charge in [0.25, 0.3) is 5.91 Å². The van der Waals surface area contributed by atoms with Gasteiger partial charge in [-0.3, -0.25) is 4.79 Å². The number of carbonyl (C=O) groups excluding carboxylic acids is 1. The van der Waals surface area contributed by atoms with E-state index in [1.807, 2.05) is 0 Å². The summed E-state index contributed by atoms with van der Waals surface area (Å²) >= 11 is 9.22. The van der Waals surface area contributed by atoms with Crippen LogP contribution in [0.25, 0.3) is 0 Å². The molecule has 0 aliphatic heterocycles. The van der Waals surface area contributed by atoms with Gasteiger partial charge in [-0.05, 0) is 36.4 Å². The predicted octanol–water partition coefficient (Wildman–Crippen LogP) is 4.08. The van der Waals surface area contributed by atoms with E-state index in [9.17, 15) is 9.18 Å². The number of nitrogen functional groups attached to an aromatic ring is 1. The molecule has 6 heteroatoms. The first-order valence-electron chi connectivity index (χ1n) is 5.29. The number of hydrogen-bond donors (Lipinski definition) is 2. The summed E-state index contributed by atoms with van der Waals surface area (Å²) in [6, 6.07) is 8.86. The quantitative estimate of drug-likeness (QED) is 0.807. The van der Waals surface area contributed by atoms with E-state index >= 15 is 0 Å². The average molecular weight is 344 g/mol. The zero-order chi connectivity index (χ0) is 14.0. The summed E-state index contributed by atoms with van der Waals surface area (Å²) in [6.07, 6.45) is 0. The minimum Gasteiger partial charge on any atom is -0.399 e. The van der Waals surface area contributed by atoms with Crippen molar-refractivity contribution in [3.63, 3.8) is 0 Å². The lowest BCUT2D eigenvalue weighted by Gasteiger charge is -2.08. The first-order chi connectivity index (χ1) is 8.97. The fraction of sp³-hybridized carbons (Fsp3) is 0. The van der Waals surface area contributed by atoms with E-state index in [2.05, 4.69) is 21.2 Å². The topological polar surface area (TPSA) is 55.1 Å². The van der Waals surface area contributed by atoms with Crippen LogP contribution in [0.4, 0.5) is 15.8 Å². The number of carbonyl (C=O) groups is 1. The number of halogens is 3. The lowest BCUT2D eigenvalue weighted by atomic mass is 10.1. The number of hydrogen-bond acceptors (Lipinski definition) is 2. The van der Waals surface area contributed by atoms with E-state index < -0.39 is 11.7 Å². The molecule has 0 radical (unpaired) electrons. The van der Waals surface area contributed by atoms with Gasteiger partial charge in [0.05, 0.1) is 16.3 Å². The Labute approximate surface area is 122 Å². The van der Waals surface area contributed by atoms with Gasteiger partial charge >= 0.3 is 0 Å². The van der Waals surface area contributed by atoms with E-state index in [1.165, 1.54) is 12.1 Å². The highest BCUT2D eigenvalue weighted by Crippen LogP contribution is 2.26. The van der Waals surface area contributed by atoms with E-state index in [0.29, 0.717) is 10.7 Å². The minimum atomic E-state index is -0.675. The van der Waals surface area contributed by atoms with Gasteiger partial charge in [-0.2, -0.15) is 0 Å². The Bertz CT molecular complexity index is 649. The van der Waals surface area contributed by atoms with Gasteiger partial charge in [0, 0.05) is 10.2 Å². The monoisotopic (exact) mass is 342 g/mol. The van der Waals surface area contributed by atoms with Gasteiger partial charge in [-0.15, -0.1) is 0 Å². The maximum Gasteiger partial charge on any atom is 0.258 e. The molecule has 0 aliphatic carbocycles. The molecular formula is C13H9BrClFN2O. The molecule has 1 amide bonds. The van der Waals surface area contributed by atoms with Crippen LogP contribution in [0, 0.1) is 5.82 Å². The van der Waals surface area contributed by atoms with Crippen molar-refractivity contribution in [2.75, 3.05) is 11.1 Å². The Morgan fingerprint density at radius 1 is 1.26 bits per heavy atom. The largest absolute Gasteiger partial charge is 0.399 e. The number of benzene rings is 2. The van der Waals surface area contributed by atoms with Crippen LogP contribution in [-0.2, 0) is 0 Å². The summed E-state index contributed by atoms with van der Waals surface area (Å²) in [5.74, 6) is -1.26. The molecule has 3 N–H and O–H groups in total. The van der Waals surface area contributed by atoms with Crippen LogP contribution in [0.3, 0.4) is 0 Å². The zero-order valence-corrected chi connectivity index (χ0v) is 11.9. The molecule has 2 aromatic rings. The smallest absolute Gasteiger partial charge is 0.258 e. The zero-order valence-electron chi connectivity index (χ0n) is 9.58. The molecule has 0 bridgehead atoms. The summed E-state index contributed by atoms with van der Waals surface area (Å²) in [4.78, 5) is 11.9. The number of nitrogens with one attached hydrogen (secondary N) is 1. The van der Waals surface area contributed by atoms with E-state index in [1.54, 1.807) is 18.2 Å². The molecular weight excluding hydrogens is 335 g/mol. The molecule has 3 nitrogen and oxygen atoms in total. The van der Waals surface area contributed by atoms with Crippen molar-refractivity contribution in [1.29, 1.82) is 0 Å². The number of nitrogens with two attached hydrogens (primary N) is 1. The van der Waals surface area contributed by atoms with Crippen LogP contribution >= 0.6 is 27.5 Å². The van der Waals surface area contributed by atoms with Crippen molar-refractivity contribution in [3.8, 4) is 0 Å². The minimum absolute atomic E-state index is 0.0896. The van der Waals surface area contributed by atoms with Gasteiger partial charge in [-0.25, -0.2) is 4.39 Å². The predicted molar refractivity (Wildman–Crippen MR) is 77.9 cm³/mol. The van der Waals surface area contributed by atoms with Crippen LogP contribution in [0.2, 0.25) is 5.02 Å². The lowest BCUT2D eigenvalue weighted by Crippen LogP contribution is -2.14. The Kier molecular flexibility index (Phi) is 4.07. The SMILES string of the molecule is Nc1ccc(C(=O)Nc2ccc(Br)cc2Cl)c(F)c1. The van der Waals surface area contributed by atoms with Crippen LogP contribution in [-0.4, -0.2) is 5.91 Å². The average Bonchev–Trinajstić information content (AvgIpc) is 2.32. The number of rotatable bonds is 2. The number of anilines is 2. The van der Waals surface area contributed by atoms with Crippen molar-refractivity contribution in [1.82, 2.24) is 0 Å². The Hall–Kier alpha value is -1.59. The molecule has 98 valence electrons. The molecule has 0 aromatic heterocycles. The number of amides is 1. The molecule has 0 spiro atoms. The molecule has 0 atom stereocenters. The fourth-order valence-electron chi connectivity index (χ4n) is 1.50. The second-order valence-corrected chi connectivity index (χ2v) is 5.14. The van der Waals surface area contributed by atoms with Crippen LogP contribution < -0.4 is 11.1 Å². The normalized spacial score (nSPS) is 10.3. The van der Waals surface area contributed by atoms with Crippen molar-refractivity contribution in [3.05, 3.63) is 57.3 Å². The van der Waals surface area contributed by atoms with E-state index in [-0.39, 0.29) is 11.3 Å². The van der Waals surface area contributed by atoms with Crippen LogP contribution in [0.15, 0.2) is 40.9 Å². The Morgan fingerprint density at radius 3 is 2.63 bits per heavy atom. The maximum absolute atomic E-state index is 13.6. The van der Waals surface area contributed by atoms with E-state index in [0.717, 1.165) is 10.5 Å². The standard InChI is InChI=1S/C13H9BrClFN2O/c14-7-1-4-12(10(15)5-7)18-13(19)9-3-2-8(17)6-11(9)16/h1-6H,17H2,(H,18,19). The molecule has 2 rings (SSSR count). The summed E-state index contributed by atoms with van der Waals surface area (Å²) < 4.78 is 14.4. The lowest BCUT2D eigenvalue weighted by molar-refractivity contribution is 0.102. The summed E-state index contributed by atoms with van der Waals surface area (Å²) in [5.41, 5.74) is 6.00. The Balaban J connectivity index is 2.25. The molecule has 0 unspecified atom stereocenters. The molecule has 0 aliphatic rings. The van der Waals surface area contributed by atoms with Gasteiger partial charge < -0.3 is 11.1 Å². The van der Waals surface area contributed by atoms with Crippen molar-refractivity contribution in [2.45, 2.75) is 0 Å². The summed E-state index contributed by atoms with van der Waals surface area (Å²) in [7, 11) is 0. The van der Waals surface area contributed by atoms with Gasteiger partial charge in [0.15, 0.2) is 0 Å². The first-order valence-corrected chi connectivity index (χ1v) is 6.46. The van der Waals surface area contributed by atoms with Crippen LogP contribution in [0.5, 0.6) is 0 Å². The van der Waals surface area contributed by atoms with Crippen molar-refractivity contribution >= 4 is 44.8 Å². The third-order valence-electron chi connectivity index (χ3n) is 2.42. The van der Waals surface area contributed by atoms with Gasteiger partial charge in [0.1, 0.15) is 5.82 Å². The highest BCUT2D eigenvalue weighted by molar-refractivity contribution is 9.10. The third-order valence-corrected chi connectivity index (χ3v) is 3.22. The highest BCUT2D eigenvalue weighted by Gasteiger charge is 2.13. The van der Waals surface area contributed by atoms with Crippen molar-refractivity contribution in [2.24, 2.45) is 0 Å². The Morgan fingerprint density at radius 2 is 2.00 bits per heavy atom. The van der Waals surface area contributed by atoms with E-state index in [4.69, 9.17) is 17.3 Å². The highest BCUT2D eigenvalue weighted by atomic mass is 79.9. The van der Waals surface area contributed by atoms with Crippen LogP contribution in [0.1, 0.15) is 10.4 Å². The molecule has 0 fully saturated rings. The summed E-state index contributed by atoms with van der Waals surface area (Å²) in [5, 5.41) is 2.90. The molecule has 19 heavy (non-hydrogen) atoms. The maximum atomic E-state index is 13.6. The van der Waals surface area contributed by atoms with Gasteiger partial charge in [0.2, 0.25) is 0 Å². The molecule has 0 saturated heterocycles. The third kappa shape index (κ3) is 3.24. The van der Waals surface area contributed by atoms with Crippen molar-refractivity contribution < 1.29 is 9.18 Å². The molecule has 0 saturated carbocycles. The summed E-state index contributed by atoms with van der Waals surface area (Å²) in [6.45, 7) is 0. The second-order valence-electron chi connectivity index (χ2n) is 3.82. The fourth-order valence-corrected chi connectivity index (χ4v) is 2.22. The molecule has 0 heterocycles. The molecule has 2 aromatic carbocycles.